The van der Waals surface area contributed by atoms with Gasteiger partial charge in [0.15, 0.2) is 0 Å². The molecule has 0 radical (unpaired) electrons. The maximum Gasteiger partial charge on any atom is 0.490 e. The predicted molar refractivity (Wildman–Crippen MR) is 139 cm³/mol. The molecule has 9 nitrogen and oxygen atoms in total. The Balaban J connectivity index is 0.000000638. The van der Waals surface area contributed by atoms with E-state index in [1.165, 1.54) is 0 Å². The first kappa shape index (κ1) is 30.9. The van der Waals surface area contributed by atoms with Crippen molar-refractivity contribution in [3.05, 3.63) is 52.6 Å². The summed E-state index contributed by atoms with van der Waals surface area (Å²) in [7, 11) is -3.79. The van der Waals surface area contributed by atoms with Crippen LogP contribution in [0.15, 0.2) is 35.2 Å². The Morgan fingerprint density at radius 2 is 1.61 bits per heavy atom. The number of alkyl halides is 3. The number of carbonyl (C=O) groups is 2. The number of hydrogen-bond acceptors (Lipinski definition) is 6. The van der Waals surface area contributed by atoms with Crippen molar-refractivity contribution in [2.75, 3.05) is 42.3 Å². The molecule has 1 aliphatic rings. The number of carboxylic acids is 1. The molecule has 3 rings (SSSR count). The molecule has 1 amide bonds. The number of hydrogen-bond donors (Lipinski definition) is 4. The molecule has 1 heterocycles. The van der Waals surface area contributed by atoms with Gasteiger partial charge in [-0.05, 0) is 56.5 Å². The van der Waals surface area contributed by atoms with Gasteiger partial charge < -0.3 is 20.6 Å². The minimum absolute atomic E-state index is 0.195. The van der Waals surface area contributed by atoms with E-state index in [4.69, 9.17) is 9.90 Å². The molecule has 0 bridgehead atoms. The van der Waals surface area contributed by atoms with E-state index < -0.39 is 22.2 Å². The first-order valence-corrected chi connectivity index (χ1v) is 13.4. The van der Waals surface area contributed by atoms with Crippen LogP contribution in [0.5, 0.6) is 0 Å². The zero-order valence-electron chi connectivity index (χ0n) is 21.7. The van der Waals surface area contributed by atoms with Gasteiger partial charge in [-0.1, -0.05) is 24.6 Å². The van der Waals surface area contributed by atoms with Crippen molar-refractivity contribution in [3.8, 4) is 0 Å². The normalized spacial score (nSPS) is 13.8. The van der Waals surface area contributed by atoms with Gasteiger partial charge in [0.2, 0.25) is 0 Å². The van der Waals surface area contributed by atoms with Crippen LogP contribution < -0.4 is 20.3 Å². The second kappa shape index (κ2) is 13.0. The number of nitrogens with one attached hydrogen (secondary N) is 3. The number of carbonyl (C=O) groups excluding carboxylic acids is 1. The fraction of sp³-hybridized carbons (Fsp3) is 0.440. The van der Waals surface area contributed by atoms with Crippen molar-refractivity contribution >= 4 is 33.3 Å². The van der Waals surface area contributed by atoms with Gasteiger partial charge in [0.05, 0.1) is 10.5 Å². The van der Waals surface area contributed by atoms with Gasteiger partial charge in [0.1, 0.15) is 0 Å². The standard InChI is InChI=1S/C23H32N4O3S.C2HF3O2/c1-5-8-25-23(28)20-15-19(6-7-21(20)27-11-9-24-10-12-27)26-31(29,30)22-17(3)13-16(2)14-18(22)4;3-2(4,5)1(6)7/h6-7,13-15,24,26H,5,8-12H2,1-4H3,(H,25,28);(H,6,7). The van der Waals surface area contributed by atoms with Gasteiger partial charge in [0, 0.05) is 44.1 Å². The van der Waals surface area contributed by atoms with E-state index in [1.807, 2.05) is 32.0 Å². The van der Waals surface area contributed by atoms with E-state index >= 15 is 0 Å². The van der Waals surface area contributed by atoms with E-state index in [2.05, 4.69) is 20.3 Å². The van der Waals surface area contributed by atoms with Gasteiger partial charge in [-0.25, -0.2) is 13.2 Å². The Morgan fingerprint density at radius 3 is 2.11 bits per heavy atom. The number of aliphatic carboxylic acids is 1. The summed E-state index contributed by atoms with van der Waals surface area (Å²) in [5, 5.41) is 13.3. The van der Waals surface area contributed by atoms with Crippen LogP contribution in [0.1, 0.15) is 40.4 Å². The number of rotatable bonds is 7. The highest BCUT2D eigenvalue weighted by molar-refractivity contribution is 7.92. The molecule has 0 aromatic heterocycles. The lowest BCUT2D eigenvalue weighted by molar-refractivity contribution is -0.192. The Hall–Kier alpha value is -3.32. The molecular weight excluding hydrogens is 525 g/mol. The average Bonchev–Trinajstić information content (AvgIpc) is 2.81. The third-order valence-corrected chi connectivity index (χ3v) is 7.29. The van der Waals surface area contributed by atoms with Gasteiger partial charge in [0.25, 0.3) is 15.9 Å². The Morgan fingerprint density at radius 1 is 1.05 bits per heavy atom. The highest BCUT2D eigenvalue weighted by Gasteiger charge is 2.38. The summed E-state index contributed by atoms with van der Waals surface area (Å²) >= 11 is 0. The topological polar surface area (TPSA) is 128 Å². The number of benzene rings is 2. The lowest BCUT2D eigenvalue weighted by Crippen LogP contribution is -2.44. The fourth-order valence-corrected chi connectivity index (χ4v) is 5.60. The van der Waals surface area contributed by atoms with E-state index in [0.29, 0.717) is 28.9 Å². The van der Waals surface area contributed by atoms with Crippen LogP contribution in [0.4, 0.5) is 24.5 Å². The van der Waals surface area contributed by atoms with Gasteiger partial charge in [-0.3, -0.25) is 9.52 Å². The van der Waals surface area contributed by atoms with E-state index in [1.54, 1.807) is 26.0 Å². The van der Waals surface area contributed by atoms with Gasteiger partial charge in [-0.2, -0.15) is 13.2 Å². The maximum absolute atomic E-state index is 13.2. The summed E-state index contributed by atoms with van der Waals surface area (Å²) in [6.07, 6.45) is -4.26. The second-order valence-corrected chi connectivity index (χ2v) is 10.5. The van der Waals surface area contributed by atoms with Crippen LogP contribution >= 0.6 is 0 Å². The largest absolute Gasteiger partial charge is 0.490 e. The molecule has 210 valence electrons. The molecule has 4 N–H and O–H groups in total. The van der Waals surface area contributed by atoms with Crippen molar-refractivity contribution < 1.29 is 36.3 Å². The van der Waals surface area contributed by atoms with E-state index in [-0.39, 0.29) is 10.8 Å². The van der Waals surface area contributed by atoms with E-state index in [9.17, 15) is 26.4 Å². The minimum atomic E-state index is -5.08. The third kappa shape index (κ3) is 8.35. The van der Waals surface area contributed by atoms with Crippen LogP contribution in [0.25, 0.3) is 0 Å². The van der Waals surface area contributed by atoms with E-state index in [0.717, 1.165) is 43.9 Å². The fourth-order valence-electron chi connectivity index (χ4n) is 4.09. The molecular formula is C25H33F3N4O5S. The number of sulfonamides is 1. The molecule has 2 aromatic carbocycles. The lowest BCUT2D eigenvalue weighted by Gasteiger charge is -2.31. The number of halogens is 3. The SMILES string of the molecule is CCCNC(=O)c1cc(NS(=O)(=O)c2c(C)cc(C)cc2C)ccc1N1CCNCC1.O=C(O)C(F)(F)F. The number of carboxylic acid groups (broad SMARTS) is 1. The number of anilines is 2. The Kier molecular flexibility index (Phi) is 10.5. The summed E-state index contributed by atoms with van der Waals surface area (Å²) in [5.74, 6) is -2.95. The zero-order chi connectivity index (χ0) is 28.7. The summed E-state index contributed by atoms with van der Waals surface area (Å²) < 4.78 is 60.7. The first-order chi connectivity index (χ1) is 17.7. The van der Waals surface area contributed by atoms with Crippen LogP contribution in [0.3, 0.4) is 0 Å². The molecule has 0 unspecified atom stereocenters. The molecule has 38 heavy (non-hydrogen) atoms. The second-order valence-electron chi connectivity index (χ2n) is 8.86. The molecule has 0 atom stereocenters. The Bertz CT molecular complexity index is 1240. The molecule has 1 aliphatic heterocycles. The number of nitrogens with zero attached hydrogens (tertiary/aromatic N) is 1. The summed E-state index contributed by atoms with van der Waals surface area (Å²) in [6.45, 7) is 11.4. The van der Waals surface area contributed by atoms with Crippen LogP contribution in [-0.2, 0) is 14.8 Å². The summed E-state index contributed by atoms with van der Waals surface area (Å²) in [5.41, 5.74) is 4.09. The molecule has 13 heteroatoms. The molecule has 2 aromatic rings. The zero-order valence-corrected chi connectivity index (χ0v) is 22.5. The van der Waals surface area contributed by atoms with Crippen LogP contribution in [-0.4, -0.2) is 64.3 Å². The lowest BCUT2D eigenvalue weighted by atomic mass is 10.1. The molecule has 0 saturated carbocycles. The minimum Gasteiger partial charge on any atom is -0.475 e. The maximum atomic E-state index is 13.2. The molecule has 0 spiro atoms. The quantitative estimate of drug-likeness (QED) is 0.409. The van der Waals surface area contributed by atoms with Crippen molar-refractivity contribution in [2.45, 2.75) is 45.2 Å². The van der Waals surface area contributed by atoms with Crippen molar-refractivity contribution in [1.29, 1.82) is 0 Å². The van der Waals surface area contributed by atoms with Gasteiger partial charge >= 0.3 is 12.1 Å². The van der Waals surface area contributed by atoms with Crippen molar-refractivity contribution in [1.82, 2.24) is 10.6 Å². The van der Waals surface area contributed by atoms with Crippen molar-refractivity contribution in [2.24, 2.45) is 0 Å². The first-order valence-electron chi connectivity index (χ1n) is 12.0. The predicted octanol–water partition coefficient (Wildman–Crippen LogP) is 3.60. The van der Waals surface area contributed by atoms with Crippen LogP contribution in [0, 0.1) is 20.8 Å². The summed E-state index contributed by atoms with van der Waals surface area (Å²) in [6, 6.07) is 8.92. The molecule has 1 saturated heterocycles. The number of piperazine rings is 1. The third-order valence-electron chi connectivity index (χ3n) is 5.60. The smallest absolute Gasteiger partial charge is 0.475 e. The Labute approximate surface area is 220 Å². The highest BCUT2D eigenvalue weighted by atomic mass is 32.2. The van der Waals surface area contributed by atoms with Crippen LogP contribution in [0.2, 0.25) is 0 Å². The molecule has 0 aliphatic carbocycles. The summed E-state index contributed by atoms with van der Waals surface area (Å²) in [4.78, 5) is 24.2. The highest BCUT2D eigenvalue weighted by Crippen LogP contribution is 2.28. The molecule has 1 fully saturated rings. The monoisotopic (exact) mass is 558 g/mol. The number of amides is 1. The van der Waals surface area contributed by atoms with Gasteiger partial charge in [-0.15, -0.1) is 0 Å². The average molecular weight is 559 g/mol. The number of aryl methyl sites for hydroxylation is 3. The van der Waals surface area contributed by atoms with Crippen molar-refractivity contribution in [3.63, 3.8) is 0 Å².